The van der Waals surface area contributed by atoms with Gasteiger partial charge in [-0.05, 0) is 37.6 Å². The van der Waals surface area contributed by atoms with Gasteiger partial charge in [-0.2, -0.15) is 0 Å². The lowest BCUT2D eigenvalue weighted by Gasteiger charge is -2.32. The van der Waals surface area contributed by atoms with Crippen LogP contribution in [-0.4, -0.2) is 45.1 Å². The minimum atomic E-state index is -0.0293. The second kappa shape index (κ2) is 9.30. The van der Waals surface area contributed by atoms with Gasteiger partial charge in [-0.25, -0.2) is 0 Å². The molecule has 6 heteroatoms. The average molecular weight is 404 g/mol. The van der Waals surface area contributed by atoms with E-state index in [0.29, 0.717) is 35.2 Å². The SMILES string of the molecule is COc1cc(OC)c(OC)cc1CN1CCC[C@@H](C(=O)c2cccc(Cl)c2)C1. The van der Waals surface area contributed by atoms with E-state index >= 15 is 0 Å². The molecule has 0 unspecified atom stereocenters. The molecule has 2 aromatic carbocycles. The number of likely N-dealkylation sites (tertiary alicyclic amines) is 1. The summed E-state index contributed by atoms with van der Waals surface area (Å²) in [4.78, 5) is 15.2. The first-order chi connectivity index (χ1) is 13.5. The predicted molar refractivity (Wildman–Crippen MR) is 110 cm³/mol. The van der Waals surface area contributed by atoms with E-state index in [1.807, 2.05) is 24.3 Å². The number of benzene rings is 2. The summed E-state index contributed by atoms with van der Waals surface area (Å²) < 4.78 is 16.3. The summed E-state index contributed by atoms with van der Waals surface area (Å²) in [5.74, 6) is 2.18. The fourth-order valence-electron chi connectivity index (χ4n) is 3.75. The third-order valence-electron chi connectivity index (χ3n) is 5.17. The first-order valence-corrected chi connectivity index (χ1v) is 9.74. The maximum absolute atomic E-state index is 12.9. The van der Waals surface area contributed by atoms with Gasteiger partial charge in [0.2, 0.25) is 0 Å². The Kier molecular flexibility index (Phi) is 6.81. The minimum absolute atomic E-state index is 0.0293. The van der Waals surface area contributed by atoms with Gasteiger partial charge in [0.05, 0.1) is 21.3 Å². The van der Waals surface area contributed by atoms with Crippen LogP contribution in [0.1, 0.15) is 28.8 Å². The number of carbonyl (C=O) groups is 1. The van der Waals surface area contributed by atoms with E-state index in [1.165, 1.54) is 0 Å². The molecular formula is C22H26ClNO4. The Morgan fingerprint density at radius 3 is 2.46 bits per heavy atom. The van der Waals surface area contributed by atoms with Gasteiger partial charge in [0.25, 0.3) is 0 Å². The van der Waals surface area contributed by atoms with Crippen LogP contribution in [-0.2, 0) is 6.54 Å². The van der Waals surface area contributed by atoms with Crippen LogP contribution in [0.5, 0.6) is 17.2 Å². The Morgan fingerprint density at radius 2 is 1.79 bits per heavy atom. The van der Waals surface area contributed by atoms with Gasteiger partial charge >= 0.3 is 0 Å². The number of Topliss-reactive ketones (excluding diaryl/α,β-unsaturated/α-hetero) is 1. The molecule has 150 valence electrons. The normalized spacial score (nSPS) is 17.2. The van der Waals surface area contributed by atoms with Crippen molar-refractivity contribution in [2.45, 2.75) is 19.4 Å². The lowest BCUT2D eigenvalue weighted by atomic mass is 9.90. The summed E-state index contributed by atoms with van der Waals surface area (Å²) in [6.45, 7) is 2.34. The van der Waals surface area contributed by atoms with E-state index < -0.39 is 0 Å². The molecule has 0 bridgehead atoms. The highest BCUT2D eigenvalue weighted by Crippen LogP contribution is 2.36. The molecule has 2 aromatic rings. The summed E-state index contributed by atoms with van der Waals surface area (Å²) in [6.07, 6.45) is 1.87. The molecule has 0 saturated carbocycles. The first-order valence-electron chi connectivity index (χ1n) is 9.36. The Hall–Kier alpha value is -2.24. The molecule has 0 spiro atoms. The van der Waals surface area contributed by atoms with E-state index in [4.69, 9.17) is 25.8 Å². The third-order valence-corrected chi connectivity index (χ3v) is 5.40. The fourth-order valence-corrected chi connectivity index (χ4v) is 3.94. The molecule has 0 N–H and O–H groups in total. The summed E-state index contributed by atoms with van der Waals surface area (Å²) in [6, 6.07) is 11.0. The van der Waals surface area contributed by atoms with Crippen molar-refractivity contribution in [2.24, 2.45) is 5.92 Å². The van der Waals surface area contributed by atoms with Crippen molar-refractivity contribution in [3.63, 3.8) is 0 Å². The summed E-state index contributed by atoms with van der Waals surface area (Å²) >= 11 is 6.05. The Labute approximate surface area is 171 Å². The largest absolute Gasteiger partial charge is 0.496 e. The molecule has 28 heavy (non-hydrogen) atoms. The van der Waals surface area contributed by atoms with Gasteiger partial charge in [-0.15, -0.1) is 0 Å². The lowest BCUT2D eigenvalue weighted by molar-refractivity contribution is 0.0810. The standard InChI is InChI=1S/C22H26ClNO4/c1-26-19-12-21(28-3)20(27-2)11-17(19)14-24-9-5-7-16(13-24)22(25)15-6-4-8-18(23)10-15/h4,6,8,10-12,16H,5,7,9,13-14H2,1-3H3/t16-/m1/s1. The van der Waals surface area contributed by atoms with Gasteiger partial charge in [-0.3, -0.25) is 9.69 Å². The lowest BCUT2D eigenvalue weighted by Crippen LogP contribution is -2.38. The first kappa shape index (κ1) is 20.5. The molecule has 1 aliphatic rings. The molecule has 0 radical (unpaired) electrons. The number of carbonyl (C=O) groups excluding carboxylic acids is 1. The van der Waals surface area contributed by atoms with Crippen LogP contribution < -0.4 is 14.2 Å². The summed E-state index contributed by atoms with van der Waals surface area (Å²) in [5, 5.41) is 0.591. The molecule has 5 nitrogen and oxygen atoms in total. The summed E-state index contributed by atoms with van der Waals surface area (Å²) in [5.41, 5.74) is 1.69. The van der Waals surface area contributed by atoms with Gasteiger partial charge in [0, 0.05) is 41.2 Å². The van der Waals surface area contributed by atoms with Crippen molar-refractivity contribution in [3.8, 4) is 17.2 Å². The summed E-state index contributed by atoms with van der Waals surface area (Å²) in [7, 11) is 4.87. The molecule has 0 aromatic heterocycles. The highest BCUT2D eigenvalue weighted by atomic mass is 35.5. The van der Waals surface area contributed by atoms with Crippen molar-refractivity contribution in [3.05, 3.63) is 52.5 Å². The molecule has 3 rings (SSSR count). The maximum Gasteiger partial charge on any atom is 0.167 e. The molecule has 1 aliphatic heterocycles. The number of halogens is 1. The average Bonchev–Trinajstić information content (AvgIpc) is 2.73. The zero-order valence-corrected chi connectivity index (χ0v) is 17.3. The van der Waals surface area contributed by atoms with Crippen LogP contribution in [0.15, 0.2) is 36.4 Å². The second-order valence-electron chi connectivity index (χ2n) is 6.97. The van der Waals surface area contributed by atoms with Crippen molar-refractivity contribution in [2.75, 3.05) is 34.4 Å². The fraction of sp³-hybridized carbons (Fsp3) is 0.409. The highest BCUT2D eigenvalue weighted by Gasteiger charge is 2.27. The van der Waals surface area contributed by atoms with E-state index in [1.54, 1.807) is 33.5 Å². The van der Waals surface area contributed by atoms with Gasteiger partial charge in [0.1, 0.15) is 5.75 Å². The molecule has 1 atom stereocenters. The van der Waals surface area contributed by atoms with Crippen LogP contribution in [0.3, 0.4) is 0 Å². The second-order valence-corrected chi connectivity index (χ2v) is 7.40. The quantitative estimate of drug-likeness (QED) is 0.639. The molecular weight excluding hydrogens is 378 g/mol. The molecule has 1 saturated heterocycles. The van der Waals surface area contributed by atoms with Crippen molar-refractivity contribution >= 4 is 17.4 Å². The van der Waals surface area contributed by atoms with Crippen molar-refractivity contribution in [1.82, 2.24) is 4.90 Å². The van der Waals surface area contributed by atoms with E-state index in [-0.39, 0.29) is 11.7 Å². The predicted octanol–water partition coefficient (Wildman–Crippen LogP) is 4.46. The Balaban J connectivity index is 1.75. The maximum atomic E-state index is 12.9. The van der Waals surface area contributed by atoms with Crippen molar-refractivity contribution in [1.29, 1.82) is 0 Å². The molecule has 0 amide bonds. The number of piperidine rings is 1. The molecule has 1 heterocycles. The monoisotopic (exact) mass is 403 g/mol. The highest BCUT2D eigenvalue weighted by molar-refractivity contribution is 6.31. The van der Waals surface area contributed by atoms with Gasteiger partial charge in [-0.1, -0.05) is 23.7 Å². The number of hydrogen-bond acceptors (Lipinski definition) is 5. The van der Waals surface area contributed by atoms with Crippen LogP contribution >= 0.6 is 11.6 Å². The molecule has 1 fully saturated rings. The Bertz CT molecular complexity index is 839. The number of ketones is 1. The Morgan fingerprint density at radius 1 is 1.07 bits per heavy atom. The number of rotatable bonds is 7. The zero-order chi connectivity index (χ0) is 20.1. The third kappa shape index (κ3) is 4.59. The van der Waals surface area contributed by atoms with Crippen molar-refractivity contribution < 1.29 is 19.0 Å². The number of methoxy groups -OCH3 is 3. The number of hydrogen-bond donors (Lipinski definition) is 0. The number of ether oxygens (including phenoxy) is 3. The molecule has 0 aliphatic carbocycles. The van der Waals surface area contributed by atoms with Crippen LogP contribution in [0, 0.1) is 5.92 Å². The van der Waals surface area contributed by atoms with Gasteiger partial charge < -0.3 is 14.2 Å². The zero-order valence-electron chi connectivity index (χ0n) is 16.5. The smallest absolute Gasteiger partial charge is 0.167 e. The van der Waals surface area contributed by atoms with E-state index in [9.17, 15) is 4.79 Å². The van der Waals surface area contributed by atoms with E-state index in [0.717, 1.165) is 30.7 Å². The van der Waals surface area contributed by atoms with E-state index in [2.05, 4.69) is 4.90 Å². The minimum Gasteiger partial charge on any atom is -0.496 e. The topological polar surface area (TPSA) is 48.0 Å². The van der Waals surface area contributed by atoms with Crippen LogP contribution in [0.2, 0.25) is 5.02 Å². The van der Waals surface area contributed by atoms with Gasteiger partial charge in [0.15, 0.2) is 17.3 Å². The van der Waals surface area contributed by atoms with Crippen LogP contribution in [0.4, 0.5) is 0 Å². The van der Waals surface area contributed by atoms with Crippen LogP contribution in [0.25, 0.3) is 0 Å². The number of nitrogens with zero attached hydrogens (tertiary/aromatic N) is 1.